The largest absolute Gasteiger partial charge is 0.322 e. The first-order chi connectivity index (χ1) is 15.3. The monoisotopic (exact) mass is 472 g/mol. The van der Waals surface area contributed by atoms with Gasteiger partial charge in [0.15, 0.2) is 0 Å². The molecule has 32 heavy (non-hydrogen) atoms. The fraction of sp³-hybridized carbons (Fsp3) is 0.304. The smallest absolute Gasteiger partial charge is 0.258 e. The molecule has 1 atom stereocenters. The summed E-state index contributed by atoms with van der Waals surface area (Å²) in [4.78, 5) is 12.8. The molecule has 1 amide bonds. The molecular formula is C23H25ClN4O3S. The molecule has 168 valence electrons. The topological polar surface area (TPSA) is 84.3 Å². The van der Waals surface area contributed by atoms with Crippen molar-refractivity contribution in [2.45, 2.75) is 31.2 Å². The Morgan fingerprint density at radius 2 is 1.94 bits per heavy atom. The number of sulfonamides is 1. The van der Waals surface area contributed by atoms with E-state index in [2.05, 4.69) is 17.3 Å². The van der Waals surface area contributed by atoms with Crippen LogP contribution in [0.15, 0.2) is 65.8 Å². The van der Waals surface area contributed by atoms with Gasteiger partial charge in [0.1, 0.15) is 0 Å². The maximum Gasteiger partial charge on any atom is 0.258 e. The van der Waals surface area contributed by atoms with E-state index in [1.807, 2.05) is 24.3 Å². The molecule has 0 radical (unpaired) electrons. The molecule has 1 aliphatic rings. The predicted molar refractivity (Wildman–Crippen MR) is 124 cm³/mol. The van der Waals surface area contributed by atoms with Crippen LogP contribution in [0.25, 0.3) is 0 Å². The third-order valence-corrected chi connectivity index (χ3v) is 7.80. The van der Waals surface area contributed by atoms with E-state index in [1.165, 1.54) is 18.3 Å². The molecule has 0 saturated carbocycles. The van der Waals surface area contributed by atoms with Crippen LogP contribution in [0, 0.1) is 5.92 Å². The van der Waals surface area contributed by atoms with Gasteiger partial charge in [0.05, 0.1) is 23.2 Å². The predicted octanol–water partition coefficient (Wildman–Crippen LogP) is 4.26. The van der Waals surface area contributed by atoms with Gasteiger partial charge in [-0.15, -0.1) is 0 Å². The second-order valence-electron chi connectivity index (χ2n) is 8.11. The van der Waals surface area contributed by atoms with E-state index >= 15 is 0 Å². The lowest BCUT2D eigenvalue weighted by Gasteiger charge is -2.30. The van der Waals surface area contributed by atoms with Crippen LogP contribution >= 0.6 is 11.6 Å². The number of hydrogen-bond donors (Lipinski definition) is 1. The number of aromatic nitrogens is 2. The van der Waals surface area contributed by atoms with Crippen molar-refractivity contribution in [1.82, 2.24) is 14.1 Å². The van der Waals surface area contributed by atoms with Gasteiger partial charge in [0, 0.05) is 30.0 Å². The van der Waals surface area contributed by atoms with Crippen molar-refractivity contribution < 1.29 is 13.2 Å². The van der Waals surface area contributed by atoms with Crippen molar-refractivity contribution in [3.05, 3.63) is 77.1 Å². The molecule has 0 bridgehead atoms. The summed E-state index contributed by atoms with van der Waals surface area (Å²) in [6.45, 7) is 3.61. The molecule has 9 heteroatoms. The number of anilines is 1. The minimum Gasteiger partial charge on any atom is -0.322 e. The number of halogens is 1. The van der Waals surface area contributed by atoms with Crippen LogP contribution in [0.1, 0.15) is 35.7 Å². The SMILES string of the molecule is CC1CCCN(S(=O)(=O)c2ccc(NC(=O)c3cnn(Cc4ccccc4Cl)c3)cc2)C1. The zero-order valence-corrected chi connectivity index (χ0v) is 19.3. The number of carbonyl (C=O) groups is 1. The van der Waals surface area contributed by atoms with Crippen molar-refractivity contribution in [3.63, 3.8) is 0 Å². The normalized spacial score (nSPS) is 17.2. The van der Waals surface area contributed by atoms with E-state index < -0.39 is 10.0 Å². The average molecular weight is 473 g/mol. The number of benzene rings is 2. The Kier molecular flexibility index (Phi) is 6.64. The Bertz CT molecular complexity index is 1210. The quantitative estimate of drug-likeness (QED) is 0.581. The summed E-state index contributed by atoms with van der Waals surface area (Å²) in [6, 6.07) is 13.7. The van der Waals surface area contributed by atoms with E-state index in [-0.39, 0.29) is 10.8 Å². The molecule has 1 aromatic heterocycles. The molecular weight excluding hydrogens is 448 g/mol. The summed E-state index contributed by atoms with van der Waals surface area (Å²) in [5, 5.41) is 7.66. The Hall–Kier alpha value is -2.68. The van der Waals surface area contributed by atoms with Gasteiger partial charge in [0.25, 0.3) is 5.91 Å². The van der Waals surface area contributed by atoms with Crippen LogP contribution < -0.4 is 5.32 Å². The van der Waals surface area contributed by atoms with Crippen molar-refractivity contribution in [2.24, 2.45) is 5.92 Å². The second-order valence-corrected chi connectivity index (χ2v) is 10.5. The summed E-state index contributed by atoms with van der Waals surface area (Å²) in [7, 11) is -3.53. The number of nitrogens with one attached hydrogen (secondary N) is 1. The maximum absolute atomic E-state index is 12.9. The van der Waals surface area contributed by atoms with Gasteiger partial charge in [-0.1, -0.05) is 36.7 Å². The zero-order valence-electron chi connectivity index (χ0n) is 17.7. The van der Waals surface area contributed by atoms with Crippen molar-refractivity contribution in [1.29, 1.82) is 0 Å². The highest BCUT2D eigenvalue weighted by molar-refractivity contribution is 7.89. The van der Waals surface area contributed by atoms with Crippen LogP contribution in [-0.4, -0.2) is 41.5 Å². The third-order valence-electron chi connectivity index (χ3n) is 5.56. The molecule has 4 rings (SSSR count). The van der Waals surface area contributed by atoms with Gasteiger partial charge in [-0.05, 0) is 54.7 Å². The van der Waals surface area contributed by atoms with Gasteiger partial charge in [-0.2, -0.15) is 9.40 Å². The third kappa shape index (κ3) is 5.03. The maximum atomic E-state index is 12.9. The molecule has 2 heterocycles. The Morgan fingerprint density at radius 1 is 1.19 bits per heavy atom. The molecule has 1 unspecified atom stereocenters. The van der Waals surface area contributed by atoms with E-state index in [1.54, 1.807) is 27.3 Å². The highest BCUT2D eigenvalue weighted by Gasteiger charge is 2.28. The van der Waals surface area contributed by atoms with E-state index in [9.17, 15) is 13.2 Å². The first-order valence-electron chi connectivity index (χ1n) is 10.5. The highest BCUT2D eigenvalue weighted by atomic mass is 35.5. The first-order valence-corrected chi connectivity index (χ1v) is 12.3. The van der Waals surface area contributed by atoms with Crippen molar-refractivity contribution in [3.8, 4) is 0 Å². The summed E-state index contributed by atoms with van der Waals surface area (Å²) in [6.07, 6.45) is 5.06. The van der Waals surface area contributed by atoms with Crippen LogP contribution in [0.4, 0.5) is 5.69 Å². The lowest BCUT2D eigenvalue weighted by Crippen LogP contribution is -2.39. The van der Waals surface area contributed by atoms with Crippen LogP contribution in [0.5, 0.6) is 0 Å². The Labute approximate surface area is 193 Å². The van der Waals surface area contributed by atoms with Crippen molar-refractivity contribution >= 4 is 33.2 Å². The van der Waals surface area contributed by atoms with Gasteiger partial charge in [-0.25, -0.2) is 8.42 Å². The van der Waals surface area contributed by atoms with E-state index in [0.717, 1.165) is 18.4 Å². The summed E-state index contributed by atoms with van der Waals surface area (Å²) < 4.78 is 29.0. The first kappa shape index (κ1) is 22.5. The number of hydrogen-bond acceptors (Lipinski definition) is 4. The lowest BCUT2D eigenvalue weighted by atomic mass is 10.0. The zero-order chi connectivity index (χ0) is 22.7. The second kappa shape index (κ2) is 9.44. The number of amides is 1. The molecule has 2 aromatic carbocycles. The number of piperidine rings is 1. The number of nitrogens with zero attached hydrogens (tertiary/aromatic N) is 3. The molecule has 0 spiro atoms. The van der Waals surface area contributed by atoms with Gasteiger partial charge < -0.3 is 5.32 Å². The van der Waals surface area contributed by atoms with Crippen LogP contribution in [0.3, 0.4) is 0 Å². The Morgan fingerprint density at radius 3 is 2.66 bits per heavy atom. The minimum atomic E-state index is -3.53. The van der Waals surface area contributed by atoms with E-state index in [0.29, 0.717) is 41.8 Å². The van der Waals surface area contributed by atoms with Gasteiger partial charge in [-0.3, -0.25) is 9.48 Å². The molecule has 0 aliphatic carbocycles. The van der Waals surface area contributed by atoms with Gasteiger partial charge >= 0.3 is 0 Å². The standard InChI is InChI=1S/C23H25ClN4O3S/c1-17-5-4-12-28(14-17)32(30,31)21-10-8-20(9-11-21)26-23(29)19-13-25-27(16-19)15-18-6-2-3-7-22(18)24/h2-3,6-11,13,16-17H,4-5,12,14-15H2,1H3,(H,26,29). The summed E-state index contributed by atoms with van der Waals surface area (Å²) in [5.74, 6) is 0.0341. The molecule has 7 nitrogen and oxygen atoms in total. The average Bonchev–Trinajstić information content (AvgIpc) is 3.25. The summed E-state index contributed by atoms with van der Waals surface area (Å²) in [5.41, 5.74) is 1.82. The highest BCUT2D eigenvalue weighted by Crippen LogP contribution is 2.24. The Balaban J connectivity index is 1.41. The molecule has 1 N–H and O–H groups in total. The number of carbonyl (C=O) groups excluding carboxylic acids is 1. The molecule has 1 aliphatic heterocycles. The minimum absolute atomic E-state index is 0.233. The summed E-state index contributed by atoms with van der Waals surface area (Å²) >= 11 is 6.19. The fourth-order valence-electron chi connectivity index (χ4n) is 3.80. The molecule has 3 aromatic rings. The number of rotatable bonds is 6. The van der Waals surface area contributed by atoms with Crippen LogP contribution in [-0.2, 0) is 16.6 Å². The molecule has 1 saturated heterocycles. The fourth-order valence-corrected chi connectivity index (χ4v) is 5.59. The van der Waals surface area contributed by atoms with Crippen molar-refractivity contribution in [2.75, 3.05) is 18.4 Å². The van der Waals surface area contributed by atoms with E-state index in [4.69, 9.17) is 11.6 Å². The molecule has 1 fully saturated rings. The van der Waals surface area contributed by atoms with Gasteiger partial charge in [0.2, 0.25) is 10.0 Å². The van der Waals surface area contributed by atoms with Crippen LogP contribution in [0.2, 0.25) is 5.02 Å². The lowest BCUT2D eigenvalue weighted by molar-refractivity contribution is 0.102.